The summed E-state index contributed by atoms with van der Waals surface area (Å²) in [5.74, 6) is 0. The third-order valence-corrected chi connectivity index (χ3v) is 7.21. The van der Waals surface area contributed by atoms with E-state index in [0.29, 0.717) is 15.4 Å². The lowest BCUT2D eigenvalue weighted by Crippen LogP contribution is -2.43. The van der Waals surface area contributed by atoms with Gasteiger partial charge in [0.25, 0.3) is 0 Å². The Kier molecular flexibility index (Phi) is 5.39. The van der Waals surface area contributed by atoms with Crippen LogP contribution in [0.1, 0.15) is 25.7 Å². The topological polar surface area (TPSA) is 72.2 Å². The Bertz CT molecular complexity index is 578. The maximum absolute atomic E-state index is 12.5. The van der Waals surface area contributed by atoms with Gasteiger partial charge >= 0.3 is 0 Å². The molecule has 3 N–H and O–H groups in total. The van der Waals surface area contributed by atoms with Crippen LogP contribution in [0.5, 0.6) is 0 Å². The van der Waals surface area contributed by atoms with Crippen LogP contribution in [0.15, 0.2) is 27.6 Å². The van der Waals surface area contributed by atoms with E-state index in [2.05, 4.69) is 20.7 Å². The van der Waals surface area contributed by atoms with Gasteiger partial charge in [-0.3, -0.25) is 0 Å². The normalized spacial score (nSPS) is 23.7. The third kappa shape index (κ3) is 3.69. The highest BCUT2D eigenvalue weighted by Crippen LogP contribution is 2.30. The van der Waals surface area contributed by atoms with E-state index in [0.717, 1.165) is 19.3 Å². The number of halogens is 1. The van der Waals surface area contributed by atoms with Crippen LogP contribution in [0.4, 0.5) is 5.69 Å². The summed E-state index contributed by atoms with van der Waals surface area (Å²) >= 11 is 5.02. The van der Waals surface area contributed by atoms with Crippen molar-refractivity contribution in [3.63, 3.8) is 0 Å². The second kappa shape index (κ2) is 6.68. The maximum Gasteiger partial charge on any atom is 0.242 e. The fourth-order valence-electron chi connectivity index (χ4n) is 2.50. The van der Waals surface area contributed by atoms with Crippen molar-refractivity contribution in [2.45, 2.75) is 41.9 Å². The molecule has 20 heavy (non-hydrogen) atoms. The van der Waals surface area contributed by atoms with Crippen molar-refractivity contribution in [1.29, 1.82) is 0 Å². The fourth-order valence-corrected chi connectivity index (χ4v) is 5.83. The van der Waals surface area contributed by atoms with Gasteiger partial charge in [0.1, 0.15) is 0 Å². The summed E-state index contributed by atoms with van der Waals surface area (Å²) in [6, 6.07) is 4.83. The highest BCUT2D eigenvalue weighted by Gasteiger charge is 2.29. The first-order valence-electron chi connectivity index (χ1n) is 6.54. The van der Waals surface area contributed by atoms with Crippen LogP contribution in [-0.4, -0.2) is 26.0 Å². The Morgan fingerprint density at radius 1 is 1.35 bits per heavy atom. The number of nitrogens with two attached hydrogens (primary N) is 1. The monoisotopic (exact) mass is 378 g/mol. The number of nitrogens with one attached hydrogen (secondary N) is 1. The molecule has 0 heterocycles. The van der Waals surface area contributed by atoms with Crippen LogP contribution in [0, 0.1) is 0 Å². The SMILES string of the molecule is CSC1CCCCC1NS(=O)(=O)c1cc(N)ccc1Br. The van der Waals surface area contributed by atoms with Gasteiger partial charge in [-0.2, -0.15) is 11.8 Å². The van der Waals surface area contributed by atoms with Crippen LogP contribution in [0.2, 0.25) is 0 Å². The molecule has 1 saturated carbocycles. The van der Waals surface area contributed by atoms with E-state index in [1.807, 2.05) is 6.26 Å². The molecule has 0 aromatic heterocycles. The zero-order valence-electron chi connectivity index (χ0n) is 11.3. The molecular weight excluding hydrogens is 360 g/mol. The number of anilines is 1. The largest absolute Gasteiger partial charge is 0.399 e. The van der Waals surface area contributed by atoms with Crippen LogP contribution >= 0.6 is 27.7 Å². The number of thioether (sulfide) groups is 1. The van der Waals surface area contributed by atoms with E-state index in [1.165, 1.54) is 12.5 Å². The van der Waals surface area contributed by atoms with Crippen molar-refractivity contribution in [3.8, 4) is 0 Å². The minimum absolute atomic E-state index is 0.00270. The molecule has 112 valence electrons. The van der Waals surface area contributed by atoms with Gasteiger partial charge in [-0.15, -0.1) is 0 Å². The molecule has 7 heteroatoms. The fraction of sp³-hybridized carbons (Fsp3) is 0.538. The molecule has 1 aromatic carbocycles. The average molecular weight is 379 g/mol. The second-order valence-electron chi connectivity index (χ2n) is 4.98. The Balaban J connectivity index is 2.24. The van der Waals surface area contributed by atoms with Crippen molar-refractivity contribution in [2.24, 2.45) is 0 Å². The quantitative estimate of drug-likeness (QED) is 0.789. The van der Waals surface area contributed by atoms with E-state index in [4.69, 9.17) is 5.73 Å². The predicted octanol–water partition coefficient (Wildman–Crippen LogP) is 2.98. The lowest BCUT2D eigenvalue weighted by molar-refractivity contribution is 0.423. The van der Waals surface area contributed by atoms with Crippen molar-refractivity contribution in [2.75, 3.05) is 12.0 Å². The molecular formula is C13H19BrN2O2S2. The zero-order valence-corrected chi connectivity index (χ0v) is 14.5. The predicted molar refractivity (Wildman–Crippen MR) is 88.4 cm³/mol. The lowest BCUT2D eigenvalue weighted by Gasteiger charge is -2.30. The number of hydrogen-bond acceptors (Lipinski definition) is 4. The van der Waals surface area contributed by atoms with Crippen molar-refractivity contribution in [1.82, 2.24) is 4.72 Å². The second-order valence-corrected chi connectivity index (χ2v) is 8.59. The first-order valence-corrected chi connectivity index (χ1v) is 10.1. The minimum Gasteiger partial charge on any atom is -0.399 e. The number of nitrogen functional groups attached to an aromatic ring is 1. The van der Waals surface area contributed by atoms with Gasteiger partial charge in [-0.05, 0) is 53.2 Å². The highest BCUT2D eigenvalue weighted by atomic mass is 79.9. The summed E-state index contributed by atoms with van der Waals surface area (Å²) in [4.78, 5) is 0.211. The molecule has 2 unspecified atom stereocenters. The van der Waals surface area contributed by atoms with Crippen molar-refractivity contribution < 1.29 is 8.42 Å². The minimum atomic E-state index is -3.55. The van der Waals surface area contributed by atoms with Crippen LogP contribution in [0.3, 0.4) is 0 Å². The van der Waals surface area contributed by atoms with E-state index >= 15 is 0 Å². The Morgan fingerprint density at radius 2 is 2.05 bits per heavy atom. The standard InChI is InChI=1S/C13H19BrN2O2S2/c1-19-12-5-3-2-4-11(12)16-20(17,18)13-8-9(15)6-7-10(13)14/h6-8,11-12,16H,2-5,15H2,1H3. The third-order valence-electron chi connectivity index (χ3n) is 3.56. The Morgan fingerprint density at radius 3 is 2.75 bits per heavy atom. The molecule has 0 aliphatic heterocycles. The summed E-state index contributed by atoms with van der Waals surface area (Å²) < 4.78 is 28.4. The molecule has 1 aliphatic rings. The maximum atomic E-state index is 12.5. The zero-order chi connectivity index (χ0) is 14.8. The van der Waals surface area contributed by atoms with Crippen molar-refractivity contribution >= 4 is 43.4 Å². The van der Waals surface area contributed by atoms with E-state index in [-0.39, 0.29) is 10.9 Å². The van der Waals surface area contributed by atoms with Gasteiger partial charge in [0, 0.05) is 21.5 Å². The number of rotatable bonds is 4. The molecule has 0 saturated heterocycles. The summed E-state index contributed by atoms with van der Waals surface area (Å²) in [6.45, 7) is 0. The average Bonchev–Trinajstić information content (AvgIpc) is 2.41. The number of hydrogen-bond donors (Lipinski definition) is 2. The lowest BCUT2D eigenvalue weighted by atomic mass is 9.96. The summed E-state index contributed by atoms with van der Waals surface area (Å²) in [5.41, 5.74) is 6.14. The van der Waals surface area contributed by atoms with Crippen LogP contribution in [0.25, 0.3) is 0 Å². The summed E-state index contributed by atoms with van der Waals surface area (Å²) in [5, 5.41) is 0.346. The molecule has 4 nitrogen and oxygen atoms in total. The van der Waals surface area contributed by atoms with E-state index in [1.54, 1.807) is 23.9 Å². The first kappa shape index (κ1) is 16.1. The molecule has 1 aromatic rings. The molecule has 0 spiro atoms. The Labute approximate surface area is 133 Å². The molecule has 0 bridgehead atoms. The van der Waals surface area contributed by atoms with Gasteiger partial charge in [0.15, 0.2) is 0 Å². The molecule has 2 atom stereocenters. The molecule has 0 amide bonds. The first-order chi connectivity index (χ1) is 9.44. The number of benzene rings is 1. The molecule has 1 fully saturated rings. The molecule has 0 radical (unpaired) electrons. The Hall–Kier alpha value is -0.240. The van der Waals surface area contributed by atoms with Crippen LogP contribution < -0.4 is 10.5 Å². The van der Waals surface area contributed by atoms with Gasteiger partial charge in [-0.25, -0.2) is 13.1 Å². The highest BCUT2D eigenvalue weighted by molar-refractivity contribution is 9.10. The van der Waals surface area contributed by atoms with Crippen molar-refractivity contribution in [3.05, 3.63) is 22.7 Å². The van der Waals surface area contributed by atoms with E-state index < -0.39 is 10.0 Å². The van der Waals surface area contributed by atoms with Gasteiger partial charge < -0.3 is 5.73 Å². The summed E-state index contributed by atoms with van der Waals surface area (Å²) in [6.07, 6.45) is 6.24. The molecule has 1 aliphatic carbocycles. The smallest absolute Gasteiger partial charge is 0.242 e. The van der Waals surface area contributed by atoms with E-state index in [9.17, 15) is 8.42 Å². The van der Waals surface area contributed by atoms with Gasteiger partial charge in [-0.1, -0.05) is 12.8 Å². The van der Waals surface area contributed by atoms with Crippen LogP contribution in [-0.2, 0) is 10.0 Å². The molecule has 2 rings (SSSR count). The summed E-state index contributed by atoms with van der Waals surface area (Å²) in [7, 11) is -3.55. The number of sulfonamides is 1. The van der Waals surface area contributed by atoms with Gasteiger partial charge in [0.2, 0.25) is 10.0 Å². The van der Waals surface area contributed by atoms with Gasteiger partial charge in [0.05, 0.1) is 4.90 Å².